The molecule has 5 nitrogen and oxygen atoms in total. The van der Waals surface area contributed by atoms with Gasteiger partial charge in [-0.25, -0.2) is 4.68 Å². The molecule has 0 atom stereocenters. The van der Waals surface area contributed by atoms with E-state index in [0.717, 1.165) is 9.99 Å². The van der Waals surface area contributed by atoms with Crippen molar-refractivity contribution >= 4 is 28.5 Å². The highest BCUT2D eigenvalue weighted by molar-refractivity contribution is 14.1. The Morgan fingerprint density at radius 3 is 2.67 bits per heavy atom. The minimum absolute atomic E-state index is 0.163. The van der Waals surface area contributed by atoms with Crippen LogP contribution in [0.4, 0.5) is 0 Å². The minimum Gasteiger partial charge on any atom is -0.453 e. The number of carbonyl (C=O) groups is 1. The fraction of sp³-hybridized carbons (Fsp3) is 0.267. The second-order valence-corrected chi connectivity index (χ2v) is 5.41. The topological polar surface area (TPSA) is 67.9 Å². The number of carbonyl (C=O) groups excluding carboxylic acids is 1. The van der Waals surface area contributed by atoms with Gasteiger partial charge in [0.25, 0.3) is 0 Å². The largest absolute Gasteiger partial charge is 0.453 e. The smallest absolute Gasteiger partial charge is 0.244 e. The van der Waals surface area contributed by atoms with Crippen molar-refractivity contribution in [3.05, 3.63) is 40.7 Å². The number of halogens is 1. The lowest BCUT2D eigenvalue weighted by Crippen LogP contribution is -2.09. The lowest BCUT2D eigenvalue weighted by Gasteiger charge is -2.08. The Balaban J connectivity index is 2.43. The van der Waals surface area contributed by atoms with Crippen molar-refractivity contribution in [1.29, 1.82) is 5.26 Å². The van der Waals surface area contributed by atoms with E-state index in [1.807, 2.05) is 12.1 Å². The van der Waals surface area contributed by atoms with Crippen LogP contribution in [-0.4, -0.2) is 15.7 Å². The van der Waals surface area contributed by atoms with Crippen molar-refractivity contribution < 1.29 is 9.53 Å². The molecule has 0 radical (unpaired) electrons. The highest BCUT2D eigenvalue weighted by Gasteiger charge is 2.16. The lowest BCUT2D eigenvalue weighted by atomic mass is 10.1. The van der Waals surface area contributed by atoms with Crippen LogP contribution in [0.1, 0.15) is 34.2 Å². The SMILES string of the molecule is CC(=O)n1nc(C)c(Oc2cc(C#N)cc(CI)c2)c1C. The summed E-state index contributed by atoms with van der Waals surface area (Å²) in [6, 6.07) is 7.52. The summed E-state index contributed by atoms with van der Waals surface area (Å²) >= 11 is 2.23. The van der Waals surface area contributed by atoms with Crippen LogP contribution in [0.2, 0.25) is 0 Å². The zero-order valence-electron chi connectivity index (χ0n) is 12.0. The van der Waals surface area contributed by atoms with Gasteiger partial charge in [0.1, 0.15) is 11.4 Å². The number of hydrogen-bond acceptors (Lipinski definition) is 4. The third-order valence-electron chi connectivity index (χ3n) is 2.99. The molecule has 1 heterocycles. The molecule has 0 saturated carbocycles. The average molecular weight is 395 g/mol. The highest BCUT2D eigenvalue weighted by atomic mass is 127. The van der Waals surface area contributed by atoms with Gasteiger partial charge in [0.15, 0.2) is 5.75 Å². The van der Waals surface area contributed by atoms with Crippen molar-refractivity contribution in [3.63, 3.8) is 0 Å². The van der Waals surface area contributed by atoms with Crippen molar-refractivity contribution in [2.24, 2.45) is 0 Å². The summed E-state index contributed by atoms with van der Waals surface area (Å²) in [4.78, 5) is 11.5. The van der Waals surface area contributed by atoms with Crippen LogP contribution in [0.15, 0.2) is 18.2 Å². The van der Waals surface area contributed by atoms with Crippen molar-refractivity contribution in [1.82, 2.24) is 9.78 Å². The molecule has 0 saturated heterocycles. The number of nitriles is 1. The van der Waals surface area contributed by atoms with Gasteiger partial charge in [-0.2, -0.15) is 10.4 Å². The van der Waals surface area contributed by atoms with Gasteiger partial charge in [-0.05, 0) is 37.6 Å². The number of ether oxygens (including phenoxy) is 1. The Hall–Kier alpha value is -1.88. The summed E-state index contributed by atoms with van der Waals surface area (Å²) in [5, 5.41) is 13.2. The summed E-state index contributed by atoms with van der Waals surface area (Å²) in [6.07, 6.45) is 0. The van der Waals surface area contributed by atoms with Gasteiger partial charge in [-0.1, -0.05) is 22.6 Å². The molecule has 1 aromatic carbocycles. The molecule has 0 N–H and O–H groups in total. The molecule has 0 fully saturated rings. The van der Waals surface area contributed by atoms with E-state index < -0.39 is 0 Å². The van der Waals surface area contributed by atoms with E-state index in [-0.39, 0.29) is 5.91 Å². The molecule has 1 aromatic heterocycles. The van der Waals surface area contributed by atoms with Gasteiger partial charge < -0.3 is 4.74 Å². The third kappa shape index (κ3) is 3.24. The molecule has 2 aromatic rings. The molecule has 6 heteroatoms. The second-order valence-electron chi connectivity index (χ2n) is 4.64. The maximum absolute atomic E-state index is 11.5. The lowest BCUT2D eigenvalue weighted by molar-refractivity contribution is 0.0918. The molecule has 0 spiro atoms. The van der Waals surface area contributed by atoms with Gasteiger partial charge in [0, 0.05) is 11.4 Å². The third-order valence-corrected chi connectivity index (χ3v) is 3.87. The molecule has 0 bridgehead atoms. The van der Waals surface area contributed by atoms with Crippen molar-refractivity contribution in [2.45, 2.75) is 25.2 Å². The number of hydrogen-bond donors (Lipinski definition) is 0. The average Bonchev–Trinajstić information content (AvgIpc) is 2.75. The number of benzene rings is 1. The Kier molecular flexibility index (Phi) is 4.63. The number of aryl methyl sites for hydroxylation is 1. The van der Waals surface area contributed by atoms with Crippen LogP contribution in [0.25, 0.3) is 0 Å². The van der Waals surface area contributed by atoms with Crippen LogP contribution >= 0.6 is 22.6 Å². The van der Waals surface area contributed by atoms with Crippen LogP contribution in [0.3, 0.4) is 0 Å². The molecule has 108 valence electrons. The Morgan fingerprint density at radius 2 is 2.14 bits per heavy atom. The monoisotopic (exact) mass is 395 g/mol. The minimum atomic E-state index is -0.163. The summed E-state index contributed by atoms with van der Waals surface area (Å²) < 4.78 is 7.97. The molecular formula is C15H14IN3O2. The van der Waals surface area contributed by atoms with Gasteiger partial charge in [0.05, 0.1) is 17.3 Å². The van der Waals surface area contributed by atoms with Gasteiger partial charge in [-0.15, -0.1) is 0 Å². The molecule has 0 aliphatic rings. The fourth-order valence-electron chi connectivity index (χ4n) is 2.06. The molecule has 21 heavy (non-hydrogen) atoms. The number of aromatic nitrogens is 2. The van der Waals surface area contributed by atoms with E-state index in [0.29, 0.717) is 28.5 Å². The van der Waals surface area contributed by atoms with Gasteiger partial charge in [-0.3, -0.25) is 4.79 Å². The Morgan fingerprint density at radius 1 is 1.43 bits per heavy atom. The normalized spacial score (nSPS) is 10.2. The first-order valence-corrected chi connectivity index (χ1v) is 7.84. The number of nitrogens with zero attached hydrogens (tertiary/aromatic N) is 3. The van der Waals surface area contributed by atoms with Crippen LogP contribution < -0.4 is 4.74 Å². The van der Waals surface area contributed by atoms with E-state index in [1.54, 1.807) is 19.9 Å². The molecular weight excluding hydrogens is 381 g/mol. The maximum atomic E-state index is 11.5. The molecule has 0 aliphatic carbocycles. The Bertz CT molecular complexity index is 744. The second kappa shape index (κ2) is 6.26. The van der Waals surface area contributed by atoms with Gasteiger partial charge in [0.2, 0.25) is 5.91 Å². The first-order chi connectivity index (χ1) is 9.96. The van der Waals surface area contributed by atoms with Crippen LogP contribution in [0, 0.1) is 25.2 Å². The predicted octanol–water partition coefficient (Wildman–Crippen LogP) is 3.76. The number of alkyl halides is 1. The summed E-state index contributed by atoms with van der Waals surface area (Å²) in [5.74, 6) is 0.971. The molecule has 0 unspecified atom stereocenters. The van der Waals surface area contributed by atoms with Crippen LogP contribution in [0.5, 0.6) is 11.5 Å². The Labute approximate surface area is 136 Å². The molecule has 0 aliphatic heterocycles. The highest BCUT2D eigenvalue weighted by Crippen LogP contribution is 2.30. The first kappa shape index (κ1) is 15.5. The quantitative estimate of drug-likeness (QED) is 0.586. The summed E-state index contributed by atoms with van der Waals surface area (Å²) in [6.45, 7) is 5.02. The molecule has 2 rings (SSSR count). The maximum Gasteiger partial charge on any atom is 0.244 e. The zero-order valence-corrected chi connectivity index (χ0v) is 14.1. The number of rotatable bonds is 3. The van der Waals surface area contributed by atoms with E-state index in [1.165, 1.54) is 11.6 Å². The van der Waals surface area contributed by atoms with E-state index in [9.17, 15) is 4.79 Å². The summed E-state index contributed by atoms with van der Waals surface area (Å²) in [7, 11) is 0. The van der Waals surface area contributed by atoms with E-state index in [2.05, 4.69) is 33.8 Å². The van der Waals surface area contributed by atoms with E-state index in [4.69, 9.17) is 10.00 Å². The summed E-state index contributed by atoms with van der Waals surface area (Å²) in [5.41, 5.74) is 2.85. The standard InChI is InChI=1S/C15H14IN3O2/c1-9-15(10(2)19(18-9)11(3)20)21-14-5-12(7-16)4-13(6-14)8-17/h4-6H,7H2,1-3H3. The van der Waals surface area contributed by atoms with E-state index >= 15 is 0 Å². The van der Waals surface area contributed by atoms with Crippen LogP contribution in [-0.2, 0) is 4.43 Å². The predicted molar refractivity (Wildman–Crippen MR) is 87.0 cm³/mol. The molecule has 0 amide bonds. The zero-order chi connectivity index (χ0) is 15.6. The van der Waals surface area contributed by atoms with Gasteiger partial charge >= 0.3 is 0 Å². The first-order valence-electron chi connectivity index (χ1n) is 6.31. The fourth-order valence-corrected chi connectivity index (χ4v) is 2.50. The van der Waals surface area contributed by atoms with Crippen molar-refractivity contribution in [2.75, 3.05) is 0 Å². The van der Waals surface area contributed by atoms with Crippen molar-refractivity contribution in [3.8, 4) is 17.6 Å².